The van der Waals surface area contributed by atoms with Gasteiger partial charge in [-0.25, -0.2) is 4.98 Å². The lowest BCUT2D eigenvalue weighted by atomic mass is 10.2. The van der Waals surface area contributed by atoms with Gasteiger partial charge in [0.15, 0.2) is 0 Å². The normalized spacial score (nSPS) is 10.5. The zero-order chi connectivity index (χ0) is 17.6. The molecule has 0 aliphatic carbocycles. The standard InChI is InChI=1S/C19H20BrN5/c1-14-12-18(25(2)11-8-15-6-9-21-10-7-15)24-19(22-14)23-17-5-3-4-16(20)13-17/h3-7,9-10,12-13H,8,11H2,1-2H3,(H,22,23,24). The molecule has 3 rings (SSSR count). The lowest BCUT2D eigenvalue weighted by molar-refractivity contribution is 0.853. The molecule has 128 valence electrons. The highest BCUT2D eigenvalue weighted by Gasteiger charge is 2.08. The van der Waals surface area contributed by atoms with Crippen LogP contribution < -0.4 is 10.2 Å². The molecule has 2 aromatic heterocycles. The SMILES string of the molecule is Cc1cc(N(C)CCc2ccncc2)nc(Nc2cccc(Br)c2)n1. The fourth-order valence-electron chi connectivity index (χ4n) is 2.46. The Kier molecular flexibility index (Phi) is 5.60. The molecule has 25 heavy (non-hydrogen) atoms. The van der Waals surface area contributed by atoms with E-state index in [9.17, 15) is 0 Å². The molecule has 1 aromatic carbocycles. The minimum Gasteiger partial charge on any atom is -0.359 e. The van der Waals surface area contributed by atoms with Crippen molar-refractivity contribution in [1.82, 2.24) is 15.0 Å². The van der Waals surface area contributed by atoms with E-state index in [0.717, 1.165) is 34.6 Å². The van der Waals surface area contributed by atoms with Crippen molar-refractivity contribution in [3.05, 3.63) is 70.6 Å². The van der Waals surface area contributed by atoms with Crippen LogP contribution in [0.1, 0.15) is 11.3 Å². The first-order valence-corrected chi connectivity index (χ1v) is 8.88. The van der Waals surface area contributed by atoms with Crippen molar-refractivity contribution in [3.8, 4) is 0 Å². The monoisotopic (exact) mass is 397 g/mol. The van der Waals surface area contributed by atoms with E-state index in [1.807, 2.05) is 68.8 Å². The Morgan fingerprint density at radius 2 is 1.88 bits per heavy atom. The number of likely N-dealkylation sites (N-methyl/N-ethyl adjacent to an activating group) is 1. The Bertz CT molecular complexity index is 838. The number of hydrogen-bond acceptors (Lipinski definition) is 5. The Balaban J connectivity index is 1.72. The van der Waals surface area contributed by atoms with E-state index in [-0.39, 0.29) is 0 Å². The third kappa shape index (κ3) is 5.00. The second-order valence-corrected chi connectivity index (χ2v) is 6.77. The van der Waals surface area contributed by atoms with Crippen molar-refractivity contribution in [3.63, 3.8) is 0 Å². The maximum absolute atomic E-state index is 4.65. The molecule has 0 unspecified atom stereocenters. The first-order chi connectivity index (χ1) is 12.1. The molecule has 0 spiro atoms. The van der Waals surface area contributed by atoms with Gasteiger partial charge in [-0.15, -0.1) is 0 Å². The molecule has 1 N–H and O–H groups in total. The van der Waals surface area contributed by atoms with Crippen molar-refractivity contribution in [1.29, 1.82) is 0 Å². The van der Waals surface area contributed by atoms with Crippen LogP contribution in [0, 0.1) is 6.92 Å². The van der Waals surface area contributed by atoms with Gasteiger partial charge in [-0.2, -0.15) is 4.98 Å². The minimum absolute atomic E-state index is 0.601. The molecule has 0 atom stereocenters. The minimum atomic E-state index is 0.601. The molecular weight excluding hydrogens is 378 g/mol. The number of anilines is 3. The molecule has 0 saturated heterocycles. The quantitative estimate of drug-likeness (QED) is 0.669. The summed E-state index contributed by atoms with van der Waals surface area (Å²) in [6.45, 7) is 2.85. The van der Waals surface area contributed by atoms with Crippen molar-refractivity contribution in [2.45, 2.75) is 13.3 Å². The number of aromatic nitrogens is 3. The molecule has 0 aliphatic rings. The zero-order valence-electron chi connectivity index (χ0n) is 14.3. The molecule has 0 fully saturated rings. The summed E-state index contributed by atoms with van der Waals surface area (Å²) in [4.78, 5) is 15.3. The molecule has 3 aromatic rings. The number of rotatable bonds is 6. The van der Waals surface area contributed by atoms with Crippen molar-refractivity contribution in [2.75, 3.05) is 23.8 Å². The summed E-state index contributed by atoms with van der Waals surface area (Å²) in [6.07, 6.45) is 4.59. The molecule has 0 bridgehead atoms. The second kappa shape index (κ2) is 8.07. The Hall–Kier alpha value is -2.47. The number of pyridine rings is 1. The van der Waals surface area contributed by atoms with Crippen molar-refractivity contribution >= 4 is 33.4 Å². The maximum atomic E-state index is 4.65. The Morgan fingerprint density at radius 1 is 1.08 bits per heavy atom. The van der Waals surface area contributed by atoms with Crippen molar-refractivity contribution < 1.29 is 0 Å². The summed E-state index contributed by atoms with van der Waals surface area (Å²) in [5.41, 5.74) is 3.14. The van der Waals surface area contributed by atoms with Gasteiger partial charge >= 0.3 is 0 Å². The molecule has 6 heteroatoms. The molecule has 0 amide bonds. The number of benzene rings is 1. The van der Waals surface area contributed by atoms with Gasteiger partial charge in [0.2, 0.25) is 5.95 Å². The number of nitrogens with one attached hydrogen (secondary N) is 1. The predicted molar refractivity (Wildman–Crippen MR) is 105 cm³/mol. The van der Waals surface area contributed by atoms with Gasteiger partial charge in [-0.05, 0) is 49.2 Å². The Morgan fingerprint density at radius 3 is 2.64 bits per heavy atom. The fraction of sp³-hybridized carbons (Fsp3) is 0.211. The largest absolute Gasteiger partial charge is 0.359 e. The highest BCUT2D eigenvalue weighted by Crippen LogP contribution is 2.20. The van der Waals surface area contributed by atoms with E-state index in [1.165, 1.54) is 5.56 Å². The molecular formula is C19H20BrN5. The topological polar surface area (TPSA) is 53.9 Å². The first-order valence-electron chi connectivity index (χ1n) is 8.08. The highest BCUT2D eigenvalue weighted by molar-refractivity contribution is 9.10. The summed E-state index contributed by atoms with van der Waals surface area (Å²) in [5.74, 6) is 1.50. The van der Waals surface area contributed by atoms with Gasteiger partial charge in [-0.3, -0.25) is 4.98 Å². The second-order valence-electron chi connectivity index (χ2n) is 5.85. The zero-order valence-corrected chi connectivity index (χ0v) is 15.9. The lowest BCUT2D eigenvalue weighted by Gasteiger charge is -2.19. The van der Waals surface area contributed by atoms with Crippen LogP contribution in [0.25, 0.3) is 0 Å². The third-order valence-corrected chi connectivity index (χ3v) is 4.29. The summed E-state index contributed by atoms with van der Waals surface area (Å²) >= 11 is 3.48. The predicted octanol–water partition coefficient (Wildman–Crippen LogP) is 4.37. The van der Waals surface area contributed by atoms with Crippen molar-refractivity contribution in [2.24, 2.45) is 0 Å². The van der Waals surface area contributed by atoms with Crippen LogP contribution in [0.15, 0.2) is 59.3 Å². The van der Waals surface area contributed by atoms with E-state index in [1.54, 1.807) is 0 Å². The summed E-state index contributed by atoms with van der Waals surface area (Å²) in [7, 11) is 2.05. The van der Waals surface area contributed by atoms with Gasteiger partial charge < -0.3 is 10.2 Å². The van der Waals surface area contributed by atoms with Crippen LogP contribution in [0.2, 0.25) is 0 Å². The van der Waals surface area contributed by atoms with E-state index >= 15 is 0 Å². The number of aryl methyl sites for hydroxylation is 1. The molecule has 0 radical (unpaired) electrons. The molecule has 2 heterocycles. The number of nitrogens with zero attached hydrogens (tertiary/aromatic N) is 4. The van der Waals surface area contributed by atoms with Crippen LogP contribution in [-0.2, 0) is 6.42 Å². The number of hydrogen-bond donors (Lipinski definition) is 1. The molecule has 5 nitrogen and oxygen atoms in total. The molecule has 0 saturated carbocycles. The van der Waals surface area contributed by atoms with Gasteiger partial charge in [0, 0.05) is 47.9 Å². The van der Waals surface area contributed by atoms with Crippen LogP contribution in [-0.4, -0.2) is 28.5 Å². The van der Waals surface area contributed by atoms with E-state index in [0.29, 0.717) is 5.95 Å². The smallest absolute Gasteiger partial charge is 0.229 e. The maximum Gasteiger partial charge on any atom is 0.229 e. The Labute approximate surface area is 156 Å². The molecule has 0 aliphatic heterocycles. The van der Waals surface area contributed by atoms with Crippen LogP contribution in [0.3, 0.4) is 0 Å². The third-order valence-electron chi connectivity index (χ3n) is 3.80. The van der Waals surface area contributed by atoms with E-state index < -0.39 is 0 Å². The van der Waals surface area contributed by atoms with Crippen LogP contribution in [0.4, 0.5) is 17.5 Å². The summed E-state index contributed by atoms with van der Waals surface area (Å²) < 4.78 is 1.01. The van der Waals surface area contributed by atoms with Crippen LogP contribution in [0.5, 0.6) is 0 Å². The highest BCUT2D eigenvalue weighted by atomic mass is 79.9. The van der Waals surface area contributed by atoms with Crippen LogP contribution >= 0.6 is 15.9 Å². The van der Waals surface area contributed by atoms with Gasteiger partial charge in [0.05, 0.1) is 0 Å². The average Bonchev–Trinajstić information content (AvgIpc) is 2.60. The van der Waals surface area contributed by atoms with E-state index in [4.69, 9.17) is 0 Å². The van der Waals surface area contributed by atoms with Gasteiger partial charge in [0.1, 0.15) is 5.82 Å². The summed E-state index contributed by atoms with van der Waals surface area (Å²) in [6, 6.07) is 14.0. The van der Waals surface area contributed by atoms with Gasteiger partial charge in [0.25, 0.3) is 0 Å². The average molecular weight is 398 g/mol. The lowest BCUT2D eigenvalue weighted by Crippen LogP contribution is -2.22. The fourth-order valence-corrected chi connectivity index (χ4v) is 2.86. The van der Waals surface area contributed by atoms with Gasteiger partial charge in [-0.1, -0.05) is 22.0 Å². The van der Waals surface area contributed by atoms with E-state index in [2.05, 4.69) is 41.1 Å². The summed E-state index contributed by atoms with van der Waals surface area (Å²) in [5, 5.41) is 3.27. The number of halogens is 1. The first kappa shape index (κ1) is 17.4.